The van der Waals surface area contributed by atoms with E-state index in [1.807, 2.05) is 0 Å². The Morgan fingerprint density at radius 1 is 1.25 bits per heavy atom. The standard InChI is InChI=1S/C17H23N3/c1-2-11-19-13-15-14-20(12-7-3-6-10-18)17-9-5-4-8-16(15)17/h4-5,8-9,14,19H,2-3,6-7,11-13H2,1H3. The number of nitrogens with zero attached hydrogens (tertiary/aromatic N) is 2. The Hall–Kier alpha value is -1.79. The van der Waals surface area contributed by atoms with Crippen molar-refractivity contribution in [1.29, 1.82) is 5.26 Å². The maximum atomic E-state index is 8.59. The smallest absolute Gasteiger partial charge is 0.0621 e. The molecule has 3 nitrogen and oxygen atoms in total. The molecular formula is C17H23N3. The number of unbranched alkanes of at least 4 members (excludes halogenated alkanes) is 2. The molecule has 0 aliphatic rings. The number of aromatic nitrogens is 1. The van der Waals surface area contributed by atoms with Crippen LogP contribution in [0.2, 0.25) is 0 Å². The quantitative estimate of drug-likeness (QED) is 0.740. The first-order valence-corrected chi connectivity index (χ1v) is 7.51. The average molecular weight is 269 g/mol. The molecule has 2 rings (SSSR count). The Kier molecular flexibility index (Phi) is 5.64. The van der Waals surface area contributed by atoms with E-state index in [2.05, 4.69) is 53.3 Å². The van der Waals surface area contributed by atoms with E-state index >= 15 is 0 Å². The van der Waals surface area contributed by atoms with E-state index in [1.165, 1.54) is 16.5 Å². The summed E-state index contributed by atoms with van der Waals surface area (Å²) in [6.07, 6.45) is 6.12. The average Bonchev–Trinajstić information content (AvgIpc) is 2.83. The molecular weight excluding hydrogens is 246 g/mol. The first-order chi connectivity index (χ1) is 9.86. The lowest BCUT2D eigenvalue weighted by Gasteiger charge is -2.03. The predicted molar refractivity (Wildman–Crippen MR) is 83.4 cm³/mol. The lowest BCUT2D eigenvalue weighted by atomic mass is 10.2. The second kappa shape index (κ2) is 7.72. The molecule has 2 aromatic rings. The van der Waals surface area contributed by atoms with Gasteiger partial charge in [-0.2, -0.15) is 5.26 Å². The molecule has 20 heavy (non-hydrogen) atoms. The largest absolute Gasteiger partial charge is 0.347 e. The molecule has 0 spiro atoms. The van der Waals surface area contributed by atoms with Gasteiger partial charge >= 0.3 is 0 Å². The van der Waals surface area contributed by atoms with Crippen molar-refractivity contribution in [3.8, 4) is 6.07 Å². The minimum atomic E-state index is 0.657. The van der Waals surface area contributed by atoms with Crippen LogP contribution >= 0.6 is 0 Å². The summed E-state index contributed by atoms with van der Waals surface area (Å²) in [4.78, 5) is 0. The minimum Gasteiger partial charge on any atom is -0.347 e. The number of aryl methyl sites for hydroxylation is 1. The van der Waals surface area contributed by atoms with Crippen LogP contribution in [0.5, 0.6) is 0 Å². The van der Waals surface area contributed by atoms with Crippen molar-refractivity contribution in [2.24, 2.45) is 0 Å². The van der Waals surface area contributed by atoms with Crippen molar-refractivity contribution in [3.63, 3.8) is 0 Å². The van der Waals surface area contributed by atoms with Crippen molar-refractivity contribution >= 4 is 10.9 Å². The fraction of sp³-hybridized carbons (Fsp3) is 0.471. The Morgan fingerprint density at radius 2 is 2.10 bits per heavy atom. The van der Waals surface area contributed by atoms with Crippen molar-refractivity contribution in [1.82, 2.24) is 9.88 Å². The van der Waals surface area contributed by atoms with Gasteiger partial charge in [0.1, 0.15) is 0 Å². The first-order valence-electron chi connectivity index (χ1n) is 7.51. The van der Waals surface area contributed by atoms with E-state index < -0.39 is 0 Å². The van der Waals surface area contributed by atoms with Crippen molar-refractivity contribution in [2.75, 3.05) is 6.54 Å². The van der Waals surface area contributed by atoms with E-state index in [4.69, 9.17) is 5.26 Å². The first kappa shape index (κ1) is 14.6. The number of hydrogen-bond acceptors (Lipinski definition) is 2. The summed E-state index contributed by atoms with van der Waals surface area (Å²) in [6, 6.07) is 10.8. The summed E-state index contributed by atoms with van der Waals surface area (Å²) in [5, 5.41) is 13.4. The van der Waals surface area contributed by atoms with Gasteiger partial charge in [0.05, 0.1) is 6.07 Å². The molecule has 0 saturated carbocycles. The van der Waals surface area contributed by atoms with E-state index in [0.717, 1.165) is 38.9 Å². The topological polar surface area (TPSA) is 40.8 Å². The molecule has 3 heteroatoms. The number of hydrogen-bond donors (Lipinski definition) is 1. The zero-order valence-electron chi connectivity index (χ0n) is 12.2. The van der Waals surface area contributed by atoms with E-state index in [9.17, 15) is 0 Å². The van der Waals surface area contributed by atoms with Crippen LogP contribution in [0.1, 0.15) is 38.2 Å². The lowest BCUT2D eigenvalue weighted by Crippen LogP contribution is -2.13. The summed E-state index contributed by atoms with van der Waals surface area (Å²) < 4.78 is 2.33. The summed E-state index contributed by atoms with van der Waals surface area (Å²) >= 11 is 0. The number of nitriles is 1. The van der Waals surface area contributed by atoms with Crippen LogP contribution in [0, 0.1) is 11.3 Å². The Balaban J connectivity index is 2.11. The molecule has 0 unspecified atom stereocenters. The maximum absolute atomic E-state index is 8.59. The van der Waals surface area contributed by atoms with E-state index in [0.29, 0.717) is 6.42 Å². The normalized spacial score (nSPS) is 10.8. The zero-order chi connectivity index (χ0) is 14.2. The van der Waals surface area contributed by atoms with Crippen LogP contribution in [-0.4, -0.2) is 11.1 Å². The van der Waals surface area contributed by atoms with Crippen LogP contribution in [0.4, 0.5) is 0 Å². The molecule has 1 heterocycles. The van der Waals surface area contributed by atoms with Crippen molar-refractivity contribution in [2.45, 2.75) is 45.7 Å². The molecule has 0 bridgehead atoms. The molecule has 0 saturated heterocycles. The van der Waals surface area contributed by atoms with Crippen molar-refractivity contribution < 1.29 is 0 Å². The SMILES string of the molecule is CCCNCc1cn(CCCCC#N)c2ccccc12. The number of rotatable bonds is 8. The Labute approximate surface area is 121 Å². The highest BCUT2D eigenvalue weighted by Crippen LogP contribution is 2.21. The van der Waals surface area contributed by atoms with Gasteiger partial charge in [-0.05, 0) is 37.4 Å². The molecule has 0 aliphatic carbocycles. The third-order valence-electron chi connectivity index (χ3n) is 3.55. The molecule has 0 aliphatic heterocycles. The summed E-state index contributed by atoms with van der Waals surface area (Å²) in [5.41, 5.74) is 2.67. The second-order valence-electron chi connectivity index (χ2n) is 5.16. The Morgan fingerprint density at radius 3 is 2.90 bits per heavy atom. The van der Waals surface area contributed by atoms with Gasteiger partial charge in [0, 0.05) is 36.6 Å². The van der Waals surface area contributed by atoms with E-state index in [1.54, 1.807) is 0 Å². The van der Waals surface area contributed by atoms with Gasteiger partial charge in [0.2, 0.25) is 0 Å². The summed E-state index contributed by atoms with van der Waals surface area (Å²) in [7, 11) is 0. The molecule has 1 aromatic heterocycles. The highest BCUT2D eigenvalue weighted by Gasteiger charge is 2.07. The highest BCUT2D eigenvalue weighted by molar-refractivity contribution is 5.83. The minimum absolute atomic E-state index is 0.657. The lowest BCUT2D eigenvalue weighted by molar-refractivity contribution is 0.626. The van der Waals surface area contributed by atoms with Gasteiger partial charge in [-0.25, -0.2) is 0 Å². The maximum Gasteiger partial charge on any atom is 0.0621 e. The van der Waals surface area contributed by atoms with E-state index in [-0.39, 0.29) is 0 Å². The number of para-hydroxylation sites is 1. The van der Waals surface area contributed by atoms with Crippen LogP contribution in [0.15, 0.2) is 30.5 Å². The number of nitrogens with one attached hydrogen (secondary N) is 1. The molecule has 0 atom stereocenters. The molecule has 0 radical (unpaired) electrons. The fourth-order valence-corrected chi connectivity index (χ4v) is 2.53. The third kappa shape index (κ3) is 3.61. The van der Waals surface area contributed by atoms with Gasteiger partial charge in [-0.1, -0.05) is 25.1 Å². The van der Waals surface area contributed by atoms with Crippen LogP contribution in [-0.2, 0) is 13.1 Å². The zero-order valence-corrected chi connectivity index (χ0v) is 12.2. The van der Waals surface area contributed by atoms with Gasteiger partial charge in [-0.3, -0.25) is 0 Å². The molecule has 0 amide bonds. The highest BCUT2D eigenvalue weighted by atomic mass is 15.0. The van der Waals surface area contributed by atoms with Crippen LogP contribution in [0.3, 0.4) is 0 Å². The summed E-state index contributed by atoms with van der Waals surface area (Å²) in [5.74, 6) is 0. The Bertz CT molecular complexity index is 577. The van der Waals surface area contributed by atoms with Crippen LogP contribution < -0.4 is 5.32 Å². The van der Waals surface area contributed by atoms with Gasteiger partial charge in [0.25, 0.3) is 0 Å². The van der Waals surface area contributed by atoms with Gasteiger partial charge in [-0.15, -0.1) is 0 Å². The number of fused-ring (bicyclic) bond motifs is 1. The fourth-order valence-electron chi connectivity index (χ4n) is 2.53. The molecule has 0 fully saturated rings. The monoisotopic (exact) mass is 269 g/mol. The summed E-state index contributed by atoms with van der Waals surface area (Å²) in [6.45, 7) is 5.17. The van der Waals surface area contributed by atoms with Gasteiger partial charge in [0.15, 0.2) is 0 Å². The second-order valence-corrected chi connectivity index (χ2v) is 5.16. The van der Waals surface area contributed by atoms with Crippen molar-refractivity contribution in [3.05, 3.63) is 36.0 Å². The van der Waals surface area contributed by atoms with Gasteiger partial charge < -0.3 is 9.88 Å². The molecule has 1 aromatic carbocycles. The third-order valence-corrected chi connectivity index (χ3v) is 3.55. The predicted octanol–water partition coefficient (Wildman–Crippen LogP) is 3.83. The van der Waals surface area contributed by atoms with Crippen LogP contribution in [0.25, 0.3) is 10.9 Å². The molecule has 106 valence electrons. The number of benzene rings is 1. The molecule has 1 N–H and O–H groups in total.